The Morgan fingerprint density at radius 1 is 1.00 bits per heavy atom. The minimum absolute atomic E-state index is 0.00862. The molecule has 0 unspecified atom stereocenters. The van der Waals surface area contributed by atoms with Crippen molar-refractivity contribution < 1.29 is 14.6 Å². The zero-order valence-electron chi connectivity index (χ0n) is 11.6. The van der Waals surface area contributed by atoms with E-state index in [1.165, 1.54) is 36.4 Å². The molecule has 0 aliphatic carbocycles. The normalized spacial score (nSPS) is 10.1. The molecule has 9 heteroatoms. The lowest BCUT2D eigenvalue weighted by atomic mass is 10.1. The maximum Gasteiger partial charge on any atom is 0.271 e. The van der Waals surface area contributed by atoms with Crippen LogP contribution in [0.4, 0.5) is 17.1 Å². The largest absolute Gasteiger partial charge is 0.324 e. The number of benzene rings is 2. The Morgan fingerprint density at radius 2 is 1.57 bits per heavy atom. The van der Waals surface area contributed by atoms with Crippen molar-refractivity contribution in [3.63, 3.8) is 0 Å². The van der Waals surface area contributed by atoms with Gasteiger partial charge in [-0.2, -0.15) is 0 Å². The Kier molecular flexibility index (Phi) is 4.87. The Labute approximate surface area is 135 Å². The summed E-state index contributed by atoms with van der Waals surface area (Å²) in [6, 6.07) is 9.29. The molecule has 0 saturated heterocycles. The molecule has 0 aliphatic heterocycles. The summed E-state index contributed by atoms with van der Waals surface area (Å²) in [5.74, 6) is -0.394. The highest BCUT2D eigenvalue weighted by Gasteiger charge is 2.12. The molecule has 2 aromatic carbocycles. The lowest BCUT2D eigenvalue weighted by Crippen LogP contribution is -2.14. The third kappa shape index (κ3) is 4.24. The van der Waals surface area contributed by atoms with Gasteiger partial charge in [0.15, 0.2) is 0 Å². The van der Waals surface area contributed by atoms with Crippen molar-refractivity contribution in [3.05, 3.63) is 73.3 Å². The minimum atomic E-state index is -0.589. The van der Waals surface area contributed by atoms with Crippen LogP contribution in [0.5, 0.6) is 0 Å². The van der Waals surface area contributed by atoms with E-state index in [9.17, 15) is 25.0 Å². The quantitative estimate of drug-likeness (QED) is 0.664. The number of non-ortho nitro benzene ring substituents is 2. The van der Waals surface area contributed by atoms with Gasteiger partial charge in [-0.05, 0) is 11.6 Å². The number of amides is 1. The van der Waals surface area contributed by atoms with Crippen LogP contribution in [-0.4, -0.2) is 15.8 Å². The highest BCUT2D eigenvalue weighted by molar-refractivity contribution is 6.34. The minimum Gasteiger partial charge on any atom is -0.324 e. The monoisotopic (exact) mass is 335 g/mol. The number of rotatable bonds is 5. The molecule has 0 bridgehead atoms. The van der Waals surface area contributed by atoms with Crippen LogP contribution in [-0.2, 0) is 11.2 Å². The highest BCUT2D eigenvalue weighted by Crippen LogP contribution is 2.26. The van der Waals surface area contributed by atoms with Gasteiger partial charge in [-0.1, -0.05) is 23.7 Å². The molecule has 1 amide bonds. The summed E-state index contributed by atoms with van der Waals surface area (Å²) in [6.07, 6.45) is -0.00862. The first-order valence-corrected chi connectivity index (χ1v) is 6.72. The number of hydrogen-bond donors (Lipinski definition) is 1. The SMILES string of the molecule is O=C(Cc1ccc([N+](=O)[O-])cc1)Nc1ccc([N+](=O)[O-])cc1Cl. The van der Waals surface area contributed by atoms with Crippen LogP contribution in [0.25, 0.3) is 0 Å². The van der Waals surface area contributed by atoms with Gasteiger partial charge in [0, 0.05) is 24.3 Å². The molecule has 2 aromatic rings. The zero-order valence-corrected chi connectivity index (χ0v) is 12.3. The molecule has 0 spiro atoms. The third-order valence-electron chi connectivity index (χ3n) is 2.95. The van der Waals surface area contributed by atoms with Gasteiger partial charge in [0.05, 0.1) is 27.0 Å². The molecule has 0 atom stereocenters. The van der Waals surface area contributed by atoms with E-state index >= 15 is 0 Å². The number of nitrogens with zero attached hydrogens (tertiary/aromatic N) is 2. The highest BCUT2D eigenvalue weighted by atomic mass is 35.5. The second kappa shape index (κ2) is 6.84. The molecule has 0 fully saturated rings. The predicted molar refractivity (Wildman–Crippen MR) is 83.5 cm³/mol. The molecule has 0 heterocycles. The van der Waals surface area contributed by atoms with Crippen LogP contribution in [0.2, 0.25) is 5.02 Å². The van der Waals surface area contributed by atoms with E-state index in [4.69, 9.17) is 11.6 Å². The summed E-state index contributed by atoms with van der Waals surface area (Å²) in [5.41, 5.74) is 0.603. The molecular weight excluding hydrogens is 326 g/mol. The van der Waals surface area contributed by atoms with Crippen LogP contribution in [0.3, 0.4) is 0 Å². The van der Waals surface area contributed by atoms with Gasteiger partial charge in [0.2, 0.25) is 5.91 Å². The van der Waals surface area contributed by atoms with Crippen molar-refractivity contribution in [2.75, 3.05) is 5.32 Å². The maximum absolute atomic E-state index is 11.9. The zero-order chi connectivity index (χ0) is 17.0. The Morgan fingerprint density at radius 3 is 2.09 bits per heavy atom. The smallest absolute Gasteiger partial charge is 0.271 e. The van der Waals surface area contributed by atoms with Crippen molar-refractivity contribution in [1.29, 1.82) is 0 Å². The molecule has 8 nitrogen and oxygen atoms in total. The average Bonchev–Trinajstić information content (AvgIpc) is 2.49. The summed E-state index contributed by atoms with van der Waals surface area (Å²) in [7, 11) is 0. The first kappa shape index (κ1) is 16.4. The summed E-state index contributed by atoms with van der Waals surface area (Å²) in [4.78, 5) is 32.0. The number of nitro groups is 2. The van der Waals surface area contributed by atoms with E-state index in [0.717, 1.165) is 6.07 Å². The predicted octanol–water partition coefficient (Wildman–Crippen LogP) is 3.34. The van der Waals surface area contributed by atoms with Crippen molar-refractivity contribution in [1.82, 2.24) is 0 Å². The van der Waals surface area contributed by atoms with E-state index in [-0.39, 0.29) is 28.5 Å². The molecule has 0 saturated carbocycles. The Bertz CT molecular complexity index is 776. The van der Waals surface area contributed by atoms with E-state index in [0.29, 0.717) is 5.56 Å². The van der Waals surface area contributed by atoms with Crippen molar-refractivity contribution in [2.45, 2.75) is 6.42 Å². The topological polar surface area (TPSA) is 115 Å². The number of carbonyl (C=O) groups is 1. The Balaban J connectivity index is 2.04. The number of hydrogen-bond acceptors (Lipinski definition) is 5. The van der Waals surface area contributed by atoms with Crippen LogP contribution in [0.1, 0.15) is 5.56 Å². The molecule has 23 heavy (non-hydrogen) atoms. The third-order valence-corrected chi connectivity index (χ3v) is 3.26. The summed E-state index contributed by atoms with van der Waals surface area (Å²) < 4.78 is 0. The van der Waals surface area contributed by atoms with E-state index in [1.807, 2.05) is 0 Å². The fourth-order valence-electron chi connectivity index (χ4n) is 1.83. The van der Waals surface area contributed by atoms with E-state index < -0.39 is 15.8 Å². The van der Waals surface area contributed by atoms with Crippen molar-refractivity contribution in [2.24, 2.45) is 0 Å². The molecule has 0 radical (unpaired) electrons. The second-order valence-corrected chi connectivity index (χ2v) is 4.98. The van der Waals surface area contributed by atoms with Gasteiger partial charge >= 0.3 is 0 Å². The number of halogens is 1. The summed E-state index contributed by atoms with van der Waals surface area (Å²) >= 11 is 5.88. The number of anilines is 1. The van der Waals surface area contributed by atoms with Crippen LogP contribution >= 0.6 is 11.6 Å². The number of carbonyl (C=O) groups excluding carboxylic acids is 1. The van der Waals surface area contributed by atoms with E-state index in [2.05, 4.69) is 5.32 Å². The first-order valence-electron chi connectivity index (χ1n) is 6.34. The standard InChI is InChI=1S/C14H10ClN3O5/c15-12-8-11(18(22)23)5-6-13(12)16-14(19)7-9-1-3-10(4-2-9)17(20)21/h1-6,8H,7H2,(H,16,19). The summed E-state index contributed by atoms with van der Waals surface area (Å²) in [5, 5.41) is 23.8. The average molecular weight is 336 g/mol. The number of nitrogens with one attached hydrogen (secondary N) is 1. The maximum atomic E-state index is 11.9. The molecular formula is C14H10ClN3O5. The Hall–Kier alpha value is -3.00. The van der Waals surface area contributed by atoms with Crippen molar-refractivity contribution in [3.8, 4) is 0 Å². The van der Waals surface area contributed by atoms with Crippen LogP contribution < -0.4 is 5.32 Å². The van der Waals surface area contributed by atoms with Crippen LogP contribution in [0, 0.1) is 20.2 Å². The molecule has 2 rings (SSSR count). The molecule has 118 valence electrons. The van der Waals surface area contributed by atoms with Gasteiger partial charge in [-0.15, -0.1) is 0 Å². The van der Waals surface area contributed by atoms with Crippen LogP contribution in [0.15, 0.2) is 42.5 Å². The first-order chi connectivity index (χ1) is 10.9. The lowest BCUT2D eigenvalue weighted by Gasteiger charge is -2.07. The van der Waals surface area contributed by atoms with Gasteiger partial charge in [0.1, 0.15) is 0 Å². The lowest BCUT2D eigenvalue weighted by molar-refractivity contribution is -0.385. The van der Waals surface area contributed by atoms with Crippen molar-refractivity contribution >= 4 is 34.6 Å². The van der Waals surface area contributed by atoms with E-state index in [1.54, 1.807) is 0 Å². The van der Waals surface area contributed by atoms with Gasteiger partial charge in [-0.25, -0.2) is 0 Å². The molecule has 0 aromatic heterocycles. The molecule has 0 aliphatic rings. The fraction of sp³-hybridized carbons (Fsp3) is 0.0714. The fourth-order valence-corrected chi connectivity index (χ4v) is 2.06. The second-order valence-electron chi connectivity index (χ2n) is 4.57. The van der Waals surface area contributed by atoms with Gasteiger partial charge in [-0.3, -0.25) is 25.0 Å². The van der Waals surface area contributed by atoms with Gasteiger partial charge < -0.3 is 5.32 Å². The molecule has 1 N–H and O–H groups in total. The summed E-state index contributed by atoms with van der Waals surface area (Å²) in [6.45, 7) is 0. The van der Waals surface area contributed by atoms with Gasteiger partial charge in [0.25, 0.3) is 11.4 Å². The number of nitro benzene ring substituents is 2.